The summed E-state index contributed by atoms with van der Waals surface area (Å²) in [5.74, 6) is 0.917. The second-order valence-electron chi connectivity index (χ2n) is 4.19. The van der Waals surface area contributed by atoms with Crippen molar-refractivity contribution in [3.63, 3.8) is 0 Å². The highest BCUT2D eigenvalue weighted by Gasteiger charge is 2.24. The van der Waals surface area contributed by atoms with Gasteiger partial charge in [-0.05, 0) is 31.2 Å². The number of aromatic nitrogens is 2. The summed E-state index contributed by atoms with van der Waals surface area (Å²) < 4.78 is 0. The minimum atomic E-state index is 0.734. The summed E-state index contributed by atoms with van der Waals surface area (Å²) in [7, 11) is 0. The zero-order valence-corrected chi connectivity index (χ0v) is 8.30. The molecule has 1 aromatic heterocycles. The number of rotatable bonds is 3. The van der Waals surface area contributed by atoms with Gasteiger partial charge in [0.25, 0.3) is 0 Å². The fourth-order valence-corrected chi connectivity index (χ4v) is 1.87. The Morgan fingerprint density at radius 1 is 1.62 bits per heavy atom. The van der Waals surface area contributed by atoms with E-state index in [2.05, 4.69) is 29.4 Å². The van der Waals surface area contributed by atoms with Crippen molar-refractivity contribution in [1.82, 2.24) is 15.5 Å². The molecule has 0 amide bonds. The van der Waals surface area contributed by atoms with Crippen LogP contribution in [-0.2, 0) is 6.54 Å². The first kappa shape index (κ1) is 8.75. The van der Waals surface area contributed by atoms with Gasteiger partial charge in [0.1, 0.15) is 0 Å². The Hall–Kier alpha value is -0.830. The smallest absolute Gasteiger partial charge is 0.0519 e. The third-order valence-corrected chi connectivity index (χ3v) is 2.88. The highest BCUT2D eigenvalue weighted by Crippen LogP contribution is 2.26. The number of hydrogen-bond donors (Lipinski definition) is 2. The maximum absolute atomic E-state index is 3.99. The molecule has 1 aliphatic carbocycles. The summed E-state index contributed by atoms with van der Waals surface area (Å²) in [6.45, 7) is 5.33. The van der Waals surface area contributed by atoms with Crippen LogP contribution in [0.1, 0.15) is 31.0 Å². The molecule has 1 aromatic rings. The summed E-state index contributed by atoms with van der Waals surface area (Å²) in [6, 6.07) is 0.734. The normalized spacial score (nSPS) is 27.2. The van der Waals surface area contributed by atoms with Crippen molar-refractivity contribution < 1.29 is 0 Å². The highest BCUT2D eigenvalue weighted by molar-refractivity contribution is 5.13. The fraction of sp³-hybridized carbons (Fsp3) is 0.700. The summed E-state index contributed by atoms with van der Waals surface area (Å²) in [6.07, 6.45) is 4.53. The van der Waals surface area contributed by atoms with Gasteiger partial charge in [-0.3, -0.25) is 5.10 Å². The molecule has 1 fully saturated rings. The summed E-state index contributed by atoms with van der Waals surface area (Å²) >= 11 is 0. The highest BCUT2D eigenvalue weighted by atomic mass is 15.1. The van der Waals surface area contributed by atoms with Crippen LogP contribution in [0, 0.1) is 12.8 Å². The maximum atomic E-state index is 3.99. The van der Waals surface area contributed by atoms with Gasteiger partial charge in [-0.15, -0.1) is 0 Å². The molecule has 0 bridgehead atoms. The first-order chi connectivity index (χ1) is 6.25. The third kappa shape index (κ3) is 1.91. The molecule has 13 heavy (non-hydrogen) atoms. The predicted octanol–water partition coefficient (Wildman–Crippen LogP) is 1.61. The van der Waals surface area contributed by atoms with Gasteiger partial charge in [-0.1, -0.05) is 6.92 Å². The average Bonchev–Trinajstić information content (AvgIpc) is 2.43. The SMILES string of the molecule is Cc1cn[nH]c1CNC1CC(C)C1. The Bertz CT molecular complexity index is 273. The van der Waals surface area contributed by atoms with E-state index in [0.717, 1.165) is 18.5 Å². The Labute approximate surface area is 78.9 Å². The van der Waals surface area contributed by atoms with Crippen molar-refractivity contribution in [2.75, 3.05) is 0 Å². The van der Waals surface area contributed by atoms with Gasteiger partial charge in [-0.25, -0.2) is 0 Å². The number of nitrogens with one attached hydrogen (secondary N) is 2. The second kappa shape index (κ2) is 3.50. The van der Waals surface area contributed by atoms with E-state index in [1.165, 1.54) is 24.1 Å². The fourth-order valence-electron chi connectivity index (χ4n) is 1.87. The van der Waals surface area contributed by atoms with Crippen molar-refractivity contribution in [3.05, 3.63) is 17.5 Å². The zero-order chi connectivity index (χ0) is 9.26. The van der Waals surface area contributed by atoms with E-state index in [1.54, 1.807) is 0 Å². The molecule has 3 nitrogen and oxygen atoms in total. The standard InChI is InChI=1S/C10H17N3/c1-7-3-9(4-7)11-6-10-8(2)5-12-13-10/h5,7,9,11H,3-4,6H2,1-2H3,(H,12,13). The van der Waals surface area contributed by atoms with Crippen LogP contribution in [0.2, 0.25) is 0 Å². The van der Waals surface area contributed by atoms with E-state index in [1.807, 2.05) is 6.20 Å². The first-order valence-corrected chi connectivity index (χ1v) is 4.98. The van der Waals surface area contributed by atoms with Crippen molar-refractivity contribution in [1.29, 1.82) is 0 Å². The number of H-pyrrole nitrogens is 1. The van der Waals surface area contributed by atoms with Crippen LogP contribution < -0.4 is 5.32 Å². The summed E-state index contributed by atoms with van der Waals surface area (Å²) in [5, 5.41) is 10.5. The Kier molecular flexibility index (Phi) is 2.36. The molecule has 1 heterocycles. The number of aryl methyl sites for hydroxylation is 1. The van der Waals surface area contributed by atoms with Crippen LogP contribution in [0.25, 0.3) is 0 Å². The quantitative estimate of drug-likeness (QED) is 0.740. The molecule has 0 spiro atoms. The van der Waals surface area contributed by atoms with Crippen molar-refractivity contribution >= 4 is 0 Å². The van der Waals surface area contributed by atoms with Crippen LogP contribution in [-0.4, -0.2) is 16.2 Å². The summed E-state index contributed by atoms with van der Waals surface area (Å²) in [4.78, 5) is 0. The van der Waals surface area contributed by atoms with Crippen LogP contribution in [0.3, 0.4) is 0 Å². The molecule has 1 aliphatic rings. The molecule has 2 rings (SSSR count). The van der Waals surface area contributed by atoms with Gasteiger partial charge in [0, 0.05) is 12.6 Å². The van der Waals surface area contributed by atoms with E-state index in [4.69, 9.17) is 0 Å². The minimum Gasteiger partial charge on any atom is -0.308 e. The zero-order valence-electron chi connectivity index (χ0n) is 8.30. The van der Waals surface area contributed by atoms with Gasteiger partial charge >= 0.3 is 0 Å². The van der Waals surface area contributed by atoms with Crippen LogP contribution in [0.15, 0.2) is 6.20 Å². The predicted molar refractivity (Wildman–Crippen MR) is 52.4 cm³/mol. The molecule has 0 atom stereocenters. The van der Waals surface area contributed by atoms with E-state index < -0.39 is 0 Å². The molecule has 2 N–H and O–H groups in total. The van der Waals surface area contributed by atoms with E-state index in [-0.39, 0.29) is 0 Å². The number of aromatic amines is 1. The van der Waals surface area contributed by atoms with Gasteiger partial charge < -0.3 is 5.32 Å². The lowest BCUT2D eigenvalue weighted by Gasteiger charge is -2.33. The summed E-state index contributed by atoms with van der Waals surface area (Å²) in [5.41, 5.74) is 2.47. The second-order valence-corrected chi connectivity index (χ2v) is 4.19. The largest absolute Gasteiger partial charge is 0.308 e. The Balaban J connectivity index is 1.77. The molecular weight excluding hydrogens is 162 g/mol. The monoisotopic (exact) mass is 179 g/mol. The van der Waals surface area contributed by atoms with Crippen molar-refractivity contribution in [2.45, 2.75) is 39.3 Å². The molecule has 0 aromatic carbocycles. The molecule has 0 saturated heterocycles. The molecule has 3 heteroatoms. The van der Waals surface area contributed by atoms with Crippen molar-refractivity contribution in [3.8, 4) is 0 Å². The van der Waals surface area contributed by atoms with Gasteiger partial charge in [0.05, 0.1) is 11.9 Å². The molecular formula is C10H17N3. The maximum Gasteiger partial charge on any atom is 0.0519 e. The minimum absolute atomic E-state index is 0.734. The molecule has 0 unspecified atom stereocenters. The third-order valence-electron chi connectivity index (χ3n) is 2.88. The number of hydrogen-bond acceptors (Lipinski definition) is 2. The van der Waals surface area contributed by atoms with E-state index in [9.17, 15) is 0 Å². The Morgan fingerprint density at radius 3 is 2.92 bits per heavy atom. The first-order valence-electron chi connectivity index (χ1n) is 4.98. The molecule has 0 radical (unpaired) electrons. The Morgan fingerprint density at radius 2 is 2.38 bits per heavy atom. The van der Waals surface area contributed by atoms with Gasteiger partial charge in [0.2, 0.25) is 0 Å². The molecule has 0 aliphatic heterocycles. The van der Waals surface area contributed by atoms with Crippen LogP contribution in [0.5, 0.6) is 0 Å². The lowest BCUT2D eigenvalue weighted by Crippen LogP contribution is -2.39. The molecule has 72 valence electrons. The van der Waals surface area contributed by atoms with E-state index in [0.29, 0.717) is 0 Å². The number of nitrogens with zero attached hydrogens (tertiary/aromatic N) is 1. The lowest BCUT2D eigenvalue weighted by atomic mass is 9.82. The van der Waals surface area contributed by atoms with Crippen molar-refractivity contribution in [2.24, 2.45) is 5.92 Å². The average molecular weight is 179 g/mol. The van der Waals surface area contributed by atoms with E-state index >= 15 is 0 Å². The lowest BCUT2D eigenvalue weighted by molar-refractivity contribution is 0.239. The van der Waals surface area contributed by atoms with Crippen LogP contribution in [0.4, 0.5) is 0 Å². The van der Waals surface area contributed by atoms with Gasteiger partial charge in [0.15, 0.2) is 0 Å². The molecule has 1 saturated carbocycles. The van der Waals surface area contributed by atoms with Gasteiger partial charge in [-0.2, -0.15) is 5.10 Å². The topological polar surface area (TPSA) is 40.7 Å². The van der Waals surface area contributed by atoms with Crippen LogP contribution >= 0.6 is 0 Å².